The van der Waals surface area contributed by atoms with Crippen molar-refractivity contribution in [2.45, 2.75) is 31.8 Å². The van der Waals surface area contributed by atoms with E-state index in [1.165, 1.54) is 19.4 Å². The number of hydrogen-bond donors (Lipinski definition) is 0. The van der Waals surface area contributed by atoms with Crippen molar-refractivity contribution in [2.24, 2.45) is 0 Å². The first-order valence-electron chi connectivity index (χ1n) is 6.76. The van der Waals surface area contributed by atoms with Crippen LogP contribution in [0, 0.1) is 0 Å². The number of halogens is 1. The molecular formula is C13H19BrN4O. The van der Waals surface area contributed by atoms with E-state index >= 15 is 0 Å². The number of ether oxygens (including phenoxy) is 1. The van der Waals surface area contributed by atoms with Gasteiger partial charge in [0.15, 0.2) is 0 Å². The lowest BCUT2D eigenvalue weighted by atomic mass is 10.1. The molecule has 2 fully saturated rings. The lowest BCUT2D eigenvalue weighted by molar-refractivity contribution is 0.201. The summed E-state index contributed by atoms with van der Waals surface area (Å²) in [6.45, 7) is 5.61. The highest BCUT2D eigenvalue weighted by Crippen LogP contribution is 2.29. The fourth-order valence-corrected chi connectivity index (χ4v) is 3.44. The Kier molecular flexibility index (Phi) is 3.62. The summed E-state index contributed by atoms with van der Waals surface area (Å²) < 4.78 is 6.06. The third-order valence-corrected chi connectivity index (χ3v) is 4.63. The van der Waals surface area contributed by atoms with E-state index in [2.05, 4.69) is 42.6 Å². The second kappa shape index (κ2) is 5.25. The molecule has 104 valence electrons. The van der Waals surface area contributed by atoms with Gasteiger partial charge in [-0.15, -0.1) is 0 Å². The van der Waals surface area contributed by atoms with E-state index in [4.69, 9.17) is 4.74 Å². The Hall–Kier alpha value is -0.880. The summed E-state index contributed by atoms with van der Waals surface area (Å²) in [5.41, 5.74) is 0. The van der Waals surface area contributed by atoms with Gasteiger partial charge in [0.1, 0.15) is 0 Å². The zero-order valence-corrected chi connectivity index (χ0v) is 12.9. The molecule has 3 heterocycles. The number of fused-ring (bicyclic) bond motifs is 1. The first-order valence-corrected chi connectivity index (χ1v) is 7.55. The molecule has 2 atom stereocenters. The Labute approximate surface area is 122 Å². The van der Waals surface area contributed by atoms with Crippen molar-refractivity contribution in [3.05, 3.63) is 10.7 Å². The van der Waals surface area contributed by atoms with Crippen LogP contribution in [0.1, 0.15) is 19.8 Å². The first-order chi connectivity index (χ1) is 9.19. The van der Waals surface area contributed by atoms with Crippen LogP contribution in [0.3, 0.4) is 0 Å². The number of piperazine rings is 1. The molecule has 0 spiro atoms. The molecule has 5 nitrogen and oxygen atoms in total. The standard InChI is InChI=1S/C13H19BrN4O/c1-9-7-17-5-3-4-10(17)8-18(9)13-15-6-11(14)12(16-13)19-2/h6,9-10H,3-5,7-8H2,1-2H3. The number of hydrogen-bond acceptors (Lipinski definition) is 5. The average molecular weight is 327 g/mol. The van der Waals surface area contributed by atoms with Crippen molar-refractivity contribution >= 4 is 21.9 Å². The molecule has 0 saturated carbocycles. The minimum absolute atomic E-state index is 0.445. The van der Waals surface area contributed by atoms with Crippen LogP contribution in [0.2, 0.25) is 0 Å². The van der Waals surface area contributed by atoms with E-state index in [0.29, 0.717) is 18.0 Å². The van der Waals surface area contributed by atoms with E-state index in [-0.39, 0.29) is 0 Å². The molecule has 0 radical (unpaired) electrons. The minimum atomic E-state index is 0.445. The van der Waals surface area contributed by atoms with Gasteiger partial charge in [0.25, 0.3) is 0 Å². The quantitative estimate of drug-likeness (QED) is 0.830. The van der Waals surface area contributed by atoms with Crippen molar-refractivity contribution in [1.29, 1.82) is 0 Å². The van der Waals surface area contributed by atoms with Gasteiger partial charge in [-0.25, -0.2) is 4.98 Å². The predicted octanol–water partition coefficient (Wildman–Crippen LogP) is 1.92. The van der Waals surface area contributed by atoms with E-state index in [9.17, 15) is 0 Å². The normalized spacial score (nSPS) is 27.4. The Morgan fingerprint density at radius 3 is 3.05 bits per heavy atom. The van der Waals surface area contributed by atoms with Crippen molar-refractivity contribution in [3.63, 3.8) is 0 Å². The van der Waals surface area contributed by atoms with Gasteiger partial charge in [-0.05, 0) is 42.2 Å². The molecule has 19 heavy (non-hydrogen) atoms. The van der Waals surface area contributed by atoms with Crippen LogP contribution < -0.4 is 9.64 Å². The number of anilines is 1. The zero-order valence-electron chi connectivity index (χ0n) is 11.3. The molecule has 2 saturated heterocycles. The molecule has 2 aliphatic rings. The maximum Gasteiger partial charge on any atom is 0.232 e. The first kappa shape index (κ1) is 13.1. The Bertz CT molecular complexity index is 470. The Morgan fingerprint density at radius 1 is 1.42 bits per heavy atom. The predicted molar refractivity (Wildman–Crippen MR) is 77.7 cm³/mol. The van der Waals surface area contributed by atoms with E-state index in [0.717, 1.165) is 23.5 Å². The maximum atomic E-state index is 5.26. The van der Waals surface area contributed by atoms with Crippen molar-refractivity contribution in [3.8, 4) is 5.88 Å². The van der Waals surface area contributed by atoms with Crippen molar-refractivity contribution in [1.82, 2.24) is 14.9 Å². The van der Waals surface area contributed by atoms with Crippen molar-refractivity contribution in [2.75, 3.05) is 31.6 Å². The van der Waals surface area contributed by atoms with Crippen LogP contribution in [0.4, 0.5) is 5.95 Å². The highest BCUT2D eigenvalue weighted by molar-refractivity contribution is 9.10. The van der Waals surface area contributed by atoms with Crippen LogP contribution in [0.15, 0.2) is 10.7 Å². The number of aromatic nitrogens is 2. The highest BCUT2D eigenvalue weighted by Gasteiger charge is 2.35. The summed E-state index contributed by atoms with van der Waals surface area (Å²) in [6.07, 6.45) is 4.38. The van der Waals surface area contributed by atoms with Gasteiger partial charge in [0.05, 0.1) is 17.8 Å². The molecule has 0 N–H and O–H groups in total. The van der Waals surface area contributed by atoms with Gasteiger partial charge in [0, 0.05) is 25.2 Å². The molecule has 0 aromatic carbocycles. The van der Waals surface area contributed by atoms with Gasteiger partial charge in [-0.1, -0.05) is 0 Å². The summed E-state index contributed by atoms with van der Waals surface area (Å²) in [5, 5.41) is 0. The van der Waals surface area contributed by atoms with Crippen LogP contribution in [0.5, 0.6) is 5.88 Å². The summed E-state index contributed by atoms with van der Waals surface area (Å²) in [6, 6.07) is 1.11. The molecule has 2 unspecified atom stereocenters. The summed E-state index contributed by atoms with van der Waals surface area (Å²) in [4.78, 5) is 13.9. The van der Waals surface area contributed by atoms with Crippen LogP contribution in [-0.4, -0.2) is 53.7 Å². The third-order valence-electron chi connectivity index (χ3n) is 4.09. The van der Waals surface area contributed by atoms with E-state index in [1.807, 2.05) is 0 Å². The second-order valence-electron chi connectivity index (χ2n) is 5.32. The van der Waals surface area contributed by atoms with Gasteiger partial charge in [-0.2, -0.15) is 4.98 Å². The summed E-state index contributed by atoms with van der Waals surface area (Å²) in [7, 11) is 1.63. The van der Waals surface area contributed by atoms with Crippen LogP contribution in [-0.2, 0) is 0 Å². The molecule has 0 aliphatic carbocycles. The number of nitrogens with zero attached hydrogens (tertiary/aromatic N) is 4. The second-order valence-corrected chi connectivity index (χ2v) is 6.17. The molecule has 3 rings (SSSR count). The number of rotatable bonds is 2. The van der Waals surface area contributed by atoms with E-state index in [1.54, 1.807) is 13.3 Å². The summed E-state index contributed by atoms with van der Waals surface area (Å²) >= 11 is 3.40. The molecule has 1 aromatic heterocycles. The molecule has 6 heteroatoms. The monoisotopic (exact) mass is 326 g/mol. The average Bonchev–Trinajstić information content (AvgIpc) is 2.85. The largest absolute Gasteiger partial charge is 0.480 e. The summed E-state index contributed by atoms with van der Waals surface area (Å²) in [5.74, 6) is 1.38. The van der Waals surface area contributed by atoms with Crippen LogP contribution >= 0.6 is 15.9 Å². The number of methoxy groups -OCH3 is 1. The molecule has 2 aliphatic heterocycles. The van der Waals surface area contributed by atoms with Crippen molar-refractivity contribution < 1.29 is 4.74 Å². The van der Waals surface area contributed by atoms with Gasteiger partial charge in [0.2, 0.25) is 11.8 Å². The smallest absolute Gasteiger partial charge is 0.232 e. The van der Waals surface area contributed by atoms with Crippen LogP contribution in [0.25, 0.3) is 0 Å². The lowest BCUT2D eigenvalue weighted by Gasteiger charge is -2.42. The Balaban J connectivity index is 1.84. The fraction of sp³-hybridized carbons (Fsp3) is 0.692. The maximum absolute atomic E-state index is 5.26. The zero-order chi connectivity index (χ0) is 13.4. The third kappa shape index (κ3) is 2.43. The minimum Gasteiger partial charge on any atom is -0.480 e. The molecular weight excluding hydrogens is 308 g/mol. The molecule has 0 amide bonds. The van der Waals surface area contributed by atoms with Gasteiger partial charge in [-0.3, -0.25) is 4.90 Å². The Morgan fingerprint density at radius 2 is 2.26 bits per heavy atom. The molecule has 0 bridgehead atoms. The van der Waals surface area contributed by atoms with Gasteiger partial charge < -0.3 is 9.64 Å². The molecule has 1 aromatic rings. The van der Waals surface area contributed by atoms with E-state index < -0.39 is 0 Å². The fourth-order valence-electron chi connectivity index (χ4n) is 3.09. The highest BCUT2D eigenvalue weighted by atomic mass is 79.9. The van der Waals surface area contributed by atoms with Gasteiger partial charge >= 0.3 is 0 Å². The topological polar surface area (TPSA) is 41.5 Å². The lowest BCUT2D eigenvalue weighted by Crippen LogP contribution is -2.55. The SMILES string of the molecule is COc1nc(N2CC3CCCN3CC2C)ncc1Br.